The Hall–Kier alpha value is -1.83. The molecule has 0 atom stereocenters. The van der Waals surface area contributed by atoms with Gasteiger partial charge in [-0.1, -0.05) is 12.1 Å². The van der Waals surface area contributed by atoms with Gasteiger partial charge in [-0.05, 0) is 54.6 Å². The fourth-order valence-electron chi connectivity index (χ4n) is 1.79. The Morgan fingerprint density at radius 3 is 2.62 bits per heavy atom. The average molecular weight is 399 g/mol. The van der Waals surface area contributed by atoms with Crippen LogP contribution in [0.15, 0.2) is 34.7 Å². The highest BCUT2D eigenvalue weighted by atomic mass is 127. The first kappa shape index (κ1) is 15.6. The standard InChI is InChI=1S/C15H14INO4/c1-9-7-11(10(2)21-9)15(19)20-8-14(18)17-13-6-4-3-5-12(13)16/h3-7H,8H2,1-2H3,(H,17,18). The van der Waals surface area contributed by atoms with Crippen molar-refractivity contribution in [3.05, 3.63) is 51.0 Å². The summed E-state index contributed by atoms with van der Waals surface area (Å²) < 4.78 is 11.1. The molecule has 0 spiro atoms. The van der Waals surface area contributed by atoms with Crippen LogP contribution in [0.25, 0.3) is 0 Å². The van der Waals surface area contributed by atoms with E-state index in [-0.39, 0.29) is 12.5 Å². The normalized spacial score (nSPS) is 10.2. The topological polar surface area (TPSA) is 68.5 Å². The second-order valence-corrected chi connectivity index (χ2v) is 5.59. The molecule has 0 saturated heterocycles. The number of aryl methyl sites for hydroxylation is 2. The molecule has 110 valence electrons. The third-order valence-corrected chi connectivity index (χ3v) is 3.68. The van der Waals surface area contributed by atoms with Crippen molar-refractivity contribution in [2.75, 3.05) is 11.9 Å². The van der Waals surface area contributed by atoms with Crippen LogP contribution in [-0.4, -0.2) is 18.5 Å². The number of carbonyl (C=O) groups is 2. The summed E-state index contributed by atoms with van der Waals surface area (Å²) in [6, 6.07) is 8.95. The summed E-state index contributed by atoms with van der Waals surface area (Å²) >= 11 is 2.12. The number of rotatable bonds is 4. The molecule has 21 heavy (non-hydrogen) atoms. The molecule has 0 unspecified atom stereocenters. The number of benzene rings is 1. The van der Waals surface area contributed by atoms with Crippen LogP contribution in [0.1, 0.15) is 21.9 Å². The first-order valence-electron chi connectivity index (χ1n) is 6.26. The SMILES string of the molecule is Cc1cc(C(=O)OCC(=O)Nc2ccccc2I)c(C)o1. The minimum absolute atomic E-state index is 0.340. The van der Waals surface area contributed by atoms with E-state index in [2.05, 4.69) is 27.9 Å². The van der Waals surface area contributed by atoms with Crippen LogP contribution in [0, 0.1) is 17.4 Å². The molecule has 1 heterocycles. The van der Waals surface area contributed by atoms with Crippen molar-refractivity contribution in [2.45, 2.75) is 13.8 Å². The Balaban J connectivity index is 1.91. The summed E-state index contributed by atoms with van der Waals surface area (Å²) in [5.74, 6) is 0.158. The molecule has 0 aliphatic heterocycles. The van der Waals surface area contributed by atoms with E-state index in [1.54, 1.807) is 26.0 Å². The highest BCUT2D eigenvalue weighted by molar-refractivity contribution is 14.1. The smallest absolute Gasteiger partial charge is 0.342 e. The van der Waals surface area contributed by atoms with E-state index in [4.69, 9.17) is 9.15 Å². The van der Waals surface area contributed by atoms with Crippen LogP contribution in [0.3, 0.4) is 0 Å². The number of hydrogen-bond acceptors (Lipinski definition) is 4. The molecule has 0 aliphatic carbocycles. The molecule has 0 aliphatic rings. The quantitative estimate of drug-likeness (QED) is 0.633. The van der Waals surface area contributed by atoms with Crippen molar-refractivity contribution >= 4 is 40.2 Å². The Bertz CT molecular complexity index is 678. The van der Waals surface area contributed by atoms with E-state index >= 15 is 0 Å². The Morgan fingerprint density at radius 1 is 1.29 bits per heavy atom. The van der Waals surface area contributed by atoms with Gasteiger partial charge in [-0.25, -0.2) is 4.79 Å². The summed E-state index contributed by atoms with van der Waals surface area (Å²) in [4.78, 5) is 23.6. The average Bonchev–Trinajstić information content (AvgIpc) is 2.78. The van der Waals surface area contributed by atoms with Gasteiger partial charge in [0.2, 0.25) is 0 Å². The highest BCUT2D eigenvalue weighted by Crippen LogP contribution is 2.17. The van der Waals surface area contributed by atoms with Gasteiger partial charge in [-0.2, -0.15) is 0 Å². The highest BCUT2D eigenvalue weighted by Gasteiger charge is 2.16. The van der Waals surface area contributed by atoms with Gasteiger partial charge in [-0.15, -0.1) is 0 Å². The molecule has 1 amide bonds. The van der Waals surface area contributed by atoms with Crippen molar-refractivity contribution in [3.63, 3.8) is 0 Å². The van der Waals surface area contributed by atoms with Gasteiger partial charge in [0, 0.05) is 3.57 Å². The van der Waals surface area contributed by atoms with Crippen LogP contribution in [0.5, 0.6) is 0 Å². The predicted octanol–water partition coefficient (Wildman–Crippen LogP) is 3.30. The molecule has 0 radical (unpaired) electrons. The van der Waals surface area contributed by atoms with E-state index in [0.717, 1.165) is 3.57 Å². The lowest BCUT2D eigenvalue weighted by Crippen LogP contribution is -2.21. The van der Waals surface area contributed by atoms with Gasteiger partial charge in [-0.3, -0.25) is 4.79 Å². The van der Waals surface area contributed by atoms with Crippen molar-refractivity contribution in [1.82, 2.24) is 0 Å². The van der Waals surface area contributed by atoms with Crippen molar-refractivity contribution < 1.29 is 18.7 Å². The number of halogens is 1. The maximum Gasteiger partial charge on any atom is 0.342 e. The van der Waals surface area contributed by atoms with Gasteiger partial charge in [0.05, 0.1) is 5.69 Å². The molecule has 6 heteroatoms. The van der Waals surface area contributed by atoms with Crippen molar-refractivity contribution in [3.8, 4) is 0 Å². The molecule has 0 bridgehead atoms. The number of amides is 1. The van der Waals surface area contributed by atoms with Crippen LogP contribution in [-0.2, 0) is 9.53 Å². The van der Waals surface area contributed by atoms with Crippen LogP contribution in [0.4, 0.5) is 5.69 Å². The molecule has 2 aromatic rings. The second-order valence-electron chi connectivity index (χ2n) is 4.43. The number of ether oxygens (including phenoxy) is 1. The lowest BCUT2D eigenvalue weighted by Gasteiger charge is -2.07. The summed E-state index contributed by atoms with van der Waals surface area (Å²) in [6.45, 7) is 3.08. The van der Waals surface area contributed by atoms with E-state index < -0.39 is 5.97 Å². The van der Waals surface area contributed by atoms with E-state index in [9.17, 15) is 9.59 Å². The third kappa shape index (κ3) is 4.07. The van der Waals surface area contributed by atoms with Crippen molar-refractivity contribution in [2.24, 2.45) is 0 Å². The molecule has 1 N–H and O–H groups in total. The lowest BCUT2D eigenvalue weighted by molar-refractivity contribution is -0.119. The fraction of sp³-hybridized carbons (Fsp3) is 0.200. The maximum atomic E-state index is 11.8. The number of esters is 1. The molecule has 1 aromatic heterocycles. The first-order valence-corrected chi connectivity index (χ1v) is 7.34. The third-order valence-electron chi connectivity index (χ3n) is 2.74. The van der Waals surface area contributed by atoms with Crippen molar-refractivity contribution in [1.29, 1.82) is 0 Å². The van der Waals surface area contributed by atoms with Gasteiger partial charge in [0.15, 0.2) is 6.61 Å². The van der Waals surface area contributed by atoms with E-state index in [1.165, 1.54) is 0 Å². The number of carbonyl (C=O) groups excluding carboxylic acids is 2. The Labute approximate surface area is 135 Å². The summed E-state index contributed by atoms with van der Waals surface area (Å²) in [6.07, 6.45) is 0. The number of hydrogen-bond donors (Lipinski definition) is 1. The van der Waals surface area contributed by atoms with E-state index in [1.807, 2.05) is 18.2 Å². The molecule has 2 rings (SSSR count). The van der Waals surface area contributed by atoms with Gasteiger partial charge < -0.3 is 14.5 Å². The predicted molar refractivity (Wildman–Crippen MR) is 86.3 cm³/mol. The maximum absolute atomic E-state index is 11.8. The number of para-hydroxylation sites is 1. The summed E-state index contributed by atoms with van der Waals surface area (Å²) in [5, 5.41) is 2.69. The number of furan rings is 1. The van der Waals surface area contributed by atoms with E-state index in [0.29, 0.717) is 22.8 Å². The molecule has 1 aromatic carbocycles. The zero-order valence-electron chi connectivity index (χ0n) is 11.6. The number of anilines is 1. The van der Waals surface area contributed by atoms with Gasteiger partial charge in [0.25, 0.3) is 5.91 Å². The summed E-state index contributed by atoms with van der Waals surface area (Å²) in [5.41, 5.74) is 1.03. The van der Waals surface area contributed by atoms with Crippen LogP contribution >= 0.6 is 22.6 Å². The largest absolute Gasteiger partial charge is 0.466 e. The molecule has 5 nitrogen and oxygen atoms in total. The summed E-state index contributed by atoms with van der Waals surface area (Å²) in [7, 11) is 0. The zero-order chi connectivity index (χ0) is 15.4. The van der Waals surface area contributed by atoms with Gasteiger partial charge in [0.1, 0.15) is 17.1 Å². The molecular weight excluding hydrogens is 385 g/mol. The second kappa shape index (κ2) is 6.75. The zero-order valence-corrected chi connectivity index (χ0v) is 13.8. The molecule has 0 fully saturated rings. The number of nitrogens with one attached hydrogen (secondary N) is 1. The monoisotopic (exact) mass is 399 g/mol. The minimum Gasteiger partial charge on any atom is -0.466 e. The van der Waals surface area contributed by atoms with Gasteiger partial charge >= 0.3 is 5.97 Å². The lowest BCUT2D eigenvalue weighted by atomic mass is 10.2. The molecule has 0 saturated carbocycles. The Kier molecular flexibility index (Phi) is 5.00. The fourth-order valence-corrected chi connectivity index (χ4v) is 2.31. The van der Waals surface area contributed by atoms with Crippen LogP contribution in [0.2, 0.25) is 0 Å². The molecular formula is C15H14INO4. The Morgan fingerprint density at radius 2 is 2.00 bits per heavy atom. The first-order chi connectivity index (χ1) is 9.97. The minimum atomic E-state index is -0.567. The van der Waals surface area contributed by atoms with Crippen LogP contribution < -0.4 is 5.32 Å².